The Morgan fingerprint density at radius 2 is 1.76 bits per heavy atom. The van der Waals surface area contributed by atoms with E-state index < -0.39 is 29.3 Å². The van der Waals surface area contributed by atoms with E-state index in [-0.39, 0.29) is 22.0 Å². The molecule has 0 fully saturated rings. The molecule has 1 unspecified atom stereocenters. The van der Waals surface area contributed by atoms with E-state index in [1.807, 2.05) is 30.3 Å². The Labute approximate surface area is 224 Å². The molecule has 6 rings (SSSR count). The summed E-state index contributed by atoms with van der Waals surface area (Å²) in [6.07, 6.45) is 0. The number of rotatable bonds is 7. The summed E-state index contributed by atoms with van der Waals surface area (Å²) in [5.41, 5.74) is 1.32. The highest BCUT2D eigenvalue weighted by Crippen LogP contribution is 2.44. The predicted molar refractivity (Wildman–Crippen MR) is 143 cm³/mol. The molecule has 7 nitrogen and oxygen atoms in total. The Hall–Kier alpha value is -4.28. The van der Waals surface area contributed by atoms with Crippen molar-refractivity contribution in [2.24, 2.45) is 0 Å². The van der Waals surface area contributed by atoms with Crippen LogP contribution in [0.4, 0.5) is 9.52 Å². The molecule has 3 heterocycles. The van der Waals surface area contributed by atoms with Crippen molar-refractivity contribution in [2.75, 3.05) is 4.90 Å². The van der Waals surface area contributed by atoms with Crippen molar-refractivity contribution in [3.63, 3.8) is 0 Å². The SMILES string of the molecule is O=C(C1=C(O)C(=O)N(c2nnc(SCc3ccccc3)s2)C1c1ccccc1F)c1cc2ccccc2o1. The molecule has 0 spiro atoms. The van der Waals surface area contributed by atoms with Gasteiger partial charge in [-0.25, -0.2) is 4.39 Å². The van der Waals surface area contributed by atoms with Crippen molar-refractivity contribution >= 4 is 50.9 Å². The number of thioether (sulfide) groups is 1. The summed E-state index contributed by atoms with van der Waals surface area (Å²) >= 11 is 2.56. The van der Waals surface area contributed by atoms with Crippen LogP contribution in [0.3, 0.4) is 0 Å². The van der Waals surface area contributed by atoms with Crippen LogP contribution in [-0.4, -0.2) is 27.0 Å². The van der Waals surface area contributed by atoms with Gasteiger partial charge in [-0.2, -0.15) is 0 Å². The Kier molecular flexibility index (Phi) is 6.26. The maximum Gasteiger partial charge on any atom is 0.296 e. The van der Waals surface area contributed by atoms with Crippen LogP contribution >= 0.6 is 23.1 Å². The van der Waals surface area contributed by atoms with E-state index in [9.17, 15) is 14.7 Å². The average molecular weight is 544 g/mol. The predicted octanol–water partition coefficient (Wildman–Crippen LogP) is 6.50. The van der Waals surface area contributed by atoms with Crippen LogP contribution < -0.4 is 4.90 Å². The van der Waals surface area contributed by atoms with Gasteiger partial charge in [-0.3, -0.25) is 14.5 Å². The smallest absolute Gasteiger partial charge is 0.296 e. The summed E-state index contributed by atoms with van der Waals surface area (Å²) in [6, 6.07) is 22.9. The number of aliphatic hydroxyl groups is 1. The maximum absolute atomic E-state index is 15.1. The highest BCUT2D eigenvalue weighted by molar-refractivity contribution is 8.00. The zero-order valence-electron chi connectivity index (χ0n) is 19.6. The molecule has 188 valence electrons. The average Bonchev–Trinajstić information content (AvgIpc) is 3.65. The largest absolute Gasteiger partial charge is 0.503 e. The number of carbonyl (C=O) groups is 2. The monoisotopic (exact) mass is 543 g/mol. The fourth-order valence-electron chi connectivity index (χ4n) is 4.33. The first kappa shape index (κ1) is 24.1. The lowest BCUT2D eigenvalue weighted by Crippen LogP contribution is -2.31. The number of nitrogens with zero attached hydrogens (tertiary/aromatic N) is 3. The molecular formula is C28H18FN3O4S2. The van der Waals surface area contributed by atoms with Gasteiger partial charge < -0.3 is 9.52 Å². The van der Waals surface area contributed by atoms with E-state index in [1.165, 1.54) is 36.0 Å². The third kappa shape index (κ3) is 4.27. The number of benzene rings is 3. The molecule has 0 bridgehead atoms. The van der Waals surface area contributed by atoms with Gasteiger partial charge in [0, 0.05) is 16.7 Å². The van der Waals surface area contributed by atoms with Crippen LogP contribution in [0.15, 0.2) is 105 Å². The molecule has 10 heteroatoms. The maximum atomic E-state index is 15.1. The molecule has 0 radical (unpaired) electrons. The van der Waals surface area contributed by atoms with Crippen molar-refractivity contribution < 1.29 is 23.5 Å². The first-order valence-electron chi connectivity index (χ1n) is 11.6. The van der Waals surface area contributed by atoms with Crippen LogP contribution in [-0.2, 0) is 10.5 Å². The molecule has 5 aromatic rings. The fraction of sp³-hybridized carbons (Fsp3) is 0.0714. The van der Waals surface area contributed by atoms with Crippen molar-refractivity contribution in [1.82, 2.24) is 10.2 Å². The molecule has 3 aromatic carbocycles. The molecule has 1 aliphatic rings. The lowest BCUT2D eigenvalue weighted by atomic mass is 9.95. The Bertz CT molecular complexity index is 1680. The minimum atomic E-state index is -1.26. The Morgan fingerprint density at radius 1 is 1.03 bits per heavy atom. The van der Waals surface area contributed by atoms with Crippen molar-refractivity contribution in [3.05, 3.63) is 119 Å². The number of ketones is 1. The number of furan rings is 1. The van der Waals surface area contributed by atoms with Crippen LogP contribution in [0, 0.1) is 5.82 Å². The van der Waals surface area contributed by atoms with Crippen molar-refractivity contribution in [3.8, 4) is 0 Å². The van der Waals surface area contributed by atoms with Gasteiger partial charge in [-0.05, 0) is 23.8 Å². The number of amides is 1. The topological polar surface area (TPSA) is 96.5 Å². The molecule has 1 atom stereocenters. The zero-order chi connectivity index (χ0) is 26.2. The number of aromatic nitrogens is 2. The lowest BCUT2D eigenvalue weighted by molar-refractivity contribution is -0.117. The summed E-state index contributed by atoms with van der Waals surface area (Å²) in [4.78, 5) is 28.1. The zero-order valence-corrected chi connectivity index (χ0v) is 21.2. The van der Waals surface area contributed by atoms with Crippen LogP contribution in [0.5, 0.6) is 0 Å². The second-order valence-electron chi connectivity index (χ2n) is 8.46. The molecule has 0 saturated carbocycles. The van der Waals surface area contributed by atoms with Gasteiger partial charge in [0.25, 0.3) is 5.91 Å². The minimum absolute atomic E-state index is 0.0399. The number of para-hydroxylation sites is 1. The summed E-state index contributed by atoms with van der Waals surface area (Å²) < 4.78 is 21.4. The van der Waals surface area contributed by atoms with E-state index in [0.717, 1.165) is 21.8 Å². The summed E-state index contributed by atoms with van der Waals surface area (Å²) in [7, 11) is 0. The van der Waals surface area contributed by atoms with E-state index in [1.54, 1.807) is 30.3 Å². The Morgan fingerprint density at radius 3 is 2.55 bits per heavy atom. The van der Waals surface area contributed by atoms with E-state index in [4.69, 9.17) is 4.42 Å². The van der Waals surface area contributed by atoms with Crippen LogP contribution in [0.2, 0.25) is 0 Å². The van der Waals surface area contributed by atoms with Gasteiger partial charge in [-0.1, -0.05) is 89.8 Å². The number of halogens is 1. The second-order valence-corrected chi connectivity index (χ2v) is 10.6. The third-order valence-corrected chi connectivity index (χ3v) is 8.24. The molecule has 1 aliphatic heterocycles. The van der Waals surface area contributed by atoms with E-state index in [2.05, 4.69) is 10.2 Å². The van der Waals surface area contributed by atoms with Gasteiger partial charge in [0.1, 0.15) is 17.4 Å². The minimum Gasteiger partial charge on any atom is -0.503 e. The molecule has 1 amide bonds. The van der Waals surface area contributed by atoms with Gasteiger partial charge in [0.15, 0.2) is 15.9 Å². The Balaban J connectivity index is 1.38. The van der Waals surface area contributed by atoms with Gasteiger partial charge >= 0.3 is 0 Å². The molecule has 0 aliphatic carbocycles. The number of aliphatic hydroxyl groups excluding tert-OH is 1. The summed E-state index contributed by atoms with van der Waals surface area (Å²) in [5, 5.41) is 20.1. The highest BCUT2D eigenvalue weighted by atomic mass is 32.2. The van der Waals surface area contributed by atoms with Crippen LogP contribution in [0.25, 0.3) is 11.0 Å². The summed E-state index contributed by atoms with van der Waals surface area (Å²) in [6.45, 7) is 0. The molecule has 2 aromatic heterocycles. The number of hydrogen-bond donors (Lipinski definition) is 1. The first-order valence-corrected chi connectivity index (χ1v) is 13.4. The highest BCUT2D eigenvalue weighted by Gasteiger charge is 2.47. The third-order valence-electron chi connectivity index (χ3n) is 6.11. The normalized spacial score (nSPS) is 15.6. The van der Waals surface area contributed by atoms with Gasteiger partial charge in [-0.15, -0.1) is 10.2 Å². The van der Waals surface area contributed by atoms with Crippen molar-refractivity contribution in [2.45, 2.75) is 16.1 Å². The molecule has 38 heavy (non-hydrogen) atoms. The summed E-state index contributed by atoms with van der Waals surface area (Å²) in [5.74, 6) is -2.43. The van der Waals surface area contributed by atoms with Gasteiger partial charge in [0.05, 0.1) is 5.57 Å². The number of fused-ring (bicyclic) bond motifs is 1. The first-order chi connectivity index (χ1) is 18.5. The number of anilines is 1. The molecule has 0 saturated heterocycles. The number of hydrogen-bond acceptors (Lipinski definition) is 8. The van der Waals surface area contributed by atoms with E-state index in [0.29, 0.717) is 21.1 Å². The van der Waals surface area contributed by atoms with Gasteiger partial charge in [0.2, 0.25) is 10.9 Å². The quantitative estimate of drug-likeness (QED) is 0.142. The molecule has 1 N–H and O–H groups in total. The fourth-order valence-corrected chi connectivity index (χ4v) is 6.15. The standard InChI is InChI=1S/C28H18FN3O4S2/c29-19-12-6-5-11-18(19)23-22(24(33)21-14-17-10-4-7-13-20(17)36-21)25(34)26(35)32(23)27-30-31-28(38-27)37-15-16-8-2-1-3-9-16/h1-14,23,34H,15H2. The second kappa shape index (κ2) is 9.88. The van der Waals surface area contributed by atoms with Crippen molar-refractivity contribution in [1.29, 1.82) is 0 Å². The lowest BCUT2D eigenvalue weighted by Gasteiger charge is -2.24. The van der Waals surface area contributed by atoms with Crippen LogP contribution in [0.1, 0.15) is 27.7 Å². The van der Waals surface area contributed by atoms with E-state index >= 15 is 4.39 Å². The molecular weight excluding hydrogens is 525 g/mol. The number of carbonyl (C=O) groups excluding carboxylic acids is 2. The number of Topliss-reactive ketones (excluding diaryl/α,β-unsaturated/α-hetero) is 1.